The SMILES string of the molecule is O=CN(C(C(=O)O)c1ccccc1)N1CCNC1=O. The minimum Gasteiger partial charge on any atom is -0.479 e. The minimum absolute atomic E-state index is 0.258. The van der Waals surface area contributed by atoms with E-state index in [1.807, 2.05) is 0 Å². The van der Waals surface area contributed by atoms with Crippen LogP contribution in [0, 0.1) is 0 Å². The number of hydrogen-bond donors (Lipinski definition) is 2. The standard InChI is InChI=1S/C12H13N3O4/c16-8-15(14-7-6-13-12(14)19)10(11(17)18)9-4-2-1-3-5-9/h1-5,8,10H,6-7H2,(H,13,19)(H,17,18). The second-order valence-corrected chi connectivity index (χ2v) is 3.99. The lowest BCUT2D eigenvalue weighted by Crippen LogP contribution is -2.48. The molecule has 1 unspecified atom stereocenters. The van der Waals surface area contributed by atoms with Gasteiger partial charge < -0.3 is 10.4 Å². The van der Waals surface area contributed by atoms with Crippen molar-refractivity contribution in [3.05, 3.63) is 35.9 Å². The van der Waals surface area contributed by atoms with Crippen molar-refractivity contribution in [3.63, 3.8) is 0 Å². The molecule has 1 aliphatic heterocycles. The number of nitrogens with one attached hydrogen (secondary N) is 1. The molecule has 0 bridgehead atoms. The van der Waals surface area contributed by atoms with Crippen molar-refractivity contribution >= 4 is 18.4 Å². The zero-order chi connectivity index (χ0) is 13.8. The van der Waals surface area contributed by atoms with E-state index >= 15 is 0 Å². The summed E-state index contributed by atoms with van der Waals surface area (Å²) in [6.45, 7) is 0.637. The lowest BCUT2D eigenvalue weighted by atomic mass is 10.1. The molecule has 7 nitrogen and oxygen atoms in total. The van der Waals surface area contributed by atoms with Gasteiger partial charge in [0.25, 0.3) is 0 Å². The van der Waals surface area contributed by atoms with Crippen LogP contribution in [0.2, 0.25) is 0 Å². The van der Waals surface area contributed by atoms with Crippen LogP contribution in [0.1, 0.15) is 11.6 Å². The molecule has 19 heavy (non-hydrogen) atoms. The van der Waals surface area contributed by atoms with Gasteiger partial charge in [-0.15, -0.1) is 0 Å². The van der Waals surface area contributed by atoms with E-state index in [0.29, 0.717) is 18.5 Å². The van der Waals surface area contributed by atoms with Crippen LogP contribution >= 0.6 is 0 Å². The zero-order valence-electron chi connectivity index (χ0n) is 10.0. The summed E-state index contributed by atoms with van der Waals surface area (Å²) in [5, 5.41) is 13.8. The molecule has 0 spiro atoms. The average molecular weight is 263 g/mol. The first kappa shape index (κ1) is 12.9. The summed E-state index contributed by atoms with van der Waals surface area (Å²) in [7, 11) is 0. The van der Waals surface area contributed by atoms with Crippen molar-refractivity contribution in [3.8, 4) is 0 Å². The average Bonchev–Trinajstić information content (AvgIpc) is 2.82. The van der Waals surface area contributed by atoms with Gasteiger partial charge in [0.1, 0.15) is 0 Å². The number of benzene rings is 1. The van der Waals surface area contributed by atoms with Crippen LogP contribution in [0.4, 0.5) is 4.79 Å². The van der Waals surface area contributed by atoms with Crippen molar-refractivity contribution in [2.24, 2.45) is 0 Å². The van der Waals surface area contributed by atoms with Crippen LogP contribution in [-0.4, -0.2) is 46.6 Å². The van der Waals surface area contributed by atoms with Gasteiger partial charge in [0, 0.05) is 6.54 Å². The Bertz CT molecular complexity index is 491. The third-order valence-electron chi connectivity index (χ3n) is 2.83. The molecule has 1 heterocycles. The smallest absolute Gasteiger partial charge is 0.336 e. The monoisotopic (exact) mass is 263 g/mol. The lowest BCUT2D eigenvalue weighted by molar-refractivity contribution is -0.155. The van der Waals surface area contributed by atoms with Gasteiger partial charge in [0.15, 0.2) is 6.04 Å². The molecular formula is C12H13N3O4. The molecule has 0 saturated carbocycles. The molecule has 7 heteroatoms. The molecule has 100 valence electrons. The van der Waals surface area contributed by atoms with E-state index in [1.54, 1.807) is 30.3 Å². The van der Waals surface area contributed by atoms with Crippen LogP contribution in [0.5, 0.6) is 0 Å². The Balaban J connectivity index is 2.34. The summed E-state index contributed by atoms with van der Waals surface area (Å²) in [6.07, 6.45) is 0.358. The molecule has 1 saturated heterocycles. The topological polar surface area (TPSA) is 89.9 Å². The van der Waals surface area contributed by atoms with Crippen molar-refractivity contribution in [1.82, 2.24) is 15.3 Å². The first-order valence-corrected chi connectivity index (χ1v) is 5.72. The number of hydrogen-bond acceptors (Lipinski definition) is 3. The summed E-state index contributed by atoms with van der Waals surface area (Å²) >= 11 is 0. The molecule has 1 aliphatic rings. The van der Waals surface area contributed by atoms with Crippen molar-refractivity contribution in [2.45, 2.75) is 6.04 Å². The molecule has 1 aromatic rings. The van der Waals surface area contributed by atoms with E-state index in [1.165, 1.54) is 0 Å². The Labute approximate surface area is 109 Å². The predicted molar refractivity (Wildman–Crippen MR) is 64.8 cm³/mol. The number of urea groups is 1. The Morgan fingerprint density at radius 2 is 2.11 bits per heavy atom. The fourth-order valence-corrected chi connectivity index (χ4v) is 1.98. The third-order valence-corrected chi connectivity index (χ3v) is 2.83. The Morgan fingerprint density at radius 3 is 2.58 bits per heavy atom. The maximum absolute atomic E-state index is 11.6. The summed E-state index contributed by atoms with van der Waals surface area (Å²) in [5.41, 5.74) is 0.432. The highest BCUT2D eigenvalue weighted by molar-refractivity contribution is 5.81. The van der Waals surface area contributed by atoms with Crippen LogP contribution in [0.3, 0.4) is 0 Å². The lowest BCUT2D eigenvalue weighted by Gasteiger charge is -2.31. The molecular weight excluding hydrogens is 250 g/mol. The second-order valence-electron chi connectivity index (χ2n) is 3.99. The highest BCUT2D eigenvalue weighted by Gasteiger charge is 2.35. The number of rotatable bonds is 5. The Hall–Kier alpha value is -2.57. The number of carbonyl (C=O) groups is 3. The Kier molecular flexibility index (Phi) is 3.65. The van der Waals surface area contributed by atoms with E-state index in [-0.39, 0.29) is 6.54 Å². The van der Waals surface area contributed by atoms with Gasteiger partial charge in [-0.1, -0.05) is 30.3 Å². The van der Waals surface area contributed by atoms with Crippen molar-refractivity contribution in [1.29, 1.82) is 0 Å². The number of aliphatic carboxylic acids is 1. The van der Waals surface area contributed by atoms with Gasteiger partial charge in [-0.25, -0.2) is 19.6 Å². The van der Waals surface area contributed by atoms with Gasteiger partial charge in [-0.05, 0) is 5.56 Å². The van der Waals surface area contributed by atoms with Crippen LogP contribution in [0.15, 0.2) is 30.3 Å². The summed E-state index contributed by atoms with van der Waals surface area (Å²) in [6, 6.07) is 6.61. The summed E-state index contributed by atoms with van der Waals surface area (Å²) in [4.78, 5) is 34.2. The minimum atomic E-state index is -1.22. The first-order chi connectivity index (χ1) is 9.15. The highest BCUT2D eigenvalue weighted by atomic mass is 16.4. The number of amides is 3. The van der Waals surface area contributed by atoms with E-state index in [4.69, 9.17) is 0 Å². The number of nitrogens with zero attached hydrogens (tertiary/aromatic N) is 2. The van der Waals surface area contributed by atoms with E-state index in [2.05, 4.69) is 5.32 Å². The molecule has 1 atom stereocenters. The van der Waals surface area contributed by atoms with Crippen LogP contribution in [-0.2, 0) is 9.59 Å². The fourth-order valence-electron chi connectivity index (χ4n) is 1.98. The van der Waals surface area contributed by atoms with Crippen LogP contribution in [0.25, 0.3) is 0 Å². The first-order valence-electron chi connectivity index (χ1n) is 5.72. The zero-order valence-corrected chi connectivity index (χ0v) is 10.0. The van der Waals surface area contributed by atoms with Crippen molar-refractivity contribution < 1.29 is 19.5 Å². The number of carboxylic acids is 1. The van der Waals surface area contributed by atoms with E-state index < -0.39 is 18.0 Å². The number of carboxylic acid groups (broad SMARTS) is 1. The molecule has 2 N–H and O–H groups in total. The van der Waals surface area contributed by atoms with E-state index in [9.17, 15) is 19.5 Å². The van der Waals surface area contributed by atoms with Gasteiger partial charge in [-0.3, -0.25) is 4.79 Å². The number of hydrazine groups is 1. The van der Waals surface area contributed by atoms with Gasteiger partial charge in [-0.2, -0.15) is 0 Å². The maximum Gasteiger partial charge on any atom is 0.336 e. The second kappa shape index (κ2) is 5.38. The molecule has 0 aromatic heterocycles. The van der Waals surface area contributed by atoms with Crippen molar-refractivity contribution in [2.75, 3.05) is 13.1 Å². The molecule has 0 radical (unpaired) electrons. The normalized spacial score (nSPS) is 15.8. The molecule has 1 fully saturated rings. The Morgan fingerprint density at radius 1 is 1.42 bits per heavy atom. The maximum atomic E-state index is 11.6. The van der Waals surface area contributed by atoms with Gasteiger partial charge in [0.2, 0.25) is 6.41 Å². The van der Waals surface area contributed by atoms with Crippen LogP contribution < -0.4 is 5.32 Å². The molecule has 3 amide bonds. The van der Waals surface area contributed by atoms with Gasteiger partial charge in [0.05, 0.1) is 6.54 Å². The summed E-state index contributed by atoms with van der Waals surface area (Å²) in [5.74, 6) is -1.20. The molecule has 1 aromatic carbocycles. The molecule has 0 aliphatic carbocycles. The van der Waals surface area contributed by atoms with Gasteiger partial charge >= 0.3 is 12.0 Å². The quantitative estimate of drug-likeness (QED) is 0.743. The molecule has 2 rings (SSSR count). The fraction of sp³-hybridized carbons (Fsp3) is 0.250. The highest BCUT2D eigenvalue weighted by Crippen LogP contribution is 2.22. The third kappa shape index (κ3) is 2.49. The predicted octanol–water partition coefficient (Wildman–Crippen LogP) is 0.211. The largest absolute Gasteiger partial charge is 0.479 e. The summed E-state index contributed by atoms with van der Waals surface area (Å²) < 4.78 is 0. The van der Waals surface area contributed by atoms with E-state index in [0.717, 1.165) is 10.0 Å². The number of carbonyl (C=O) groups excluding carboxylic acids is 2.